The molecule has 0 aliphatic carbocycles. The average Bonchev–Trinajstić information content (AvgIpc) is 2.34. The van der Waals surface area contributed by atoms with Gasteiger partial charge in [-0.15, -0.1) is 0 Å². The lowest BCUT2D eigenvalue weighted by Crippen LogP contribution is -2.07. The summed E-state index contributed by atoms with van der Waals surface area (Å²) < 4.78 is 10.2. The minimum atomic E-state index is 0.150. The Bertz CT molecular complexity index is 272. The Morgan fingerprint density at radius 2 is 1.69 bits per heavy atom. The third-order valence-electron chi connectivity index (χ3n) is 2.02. The monoisotopic (exact) mass is 221 g/mol. The molecular weight excluding hydrogens is 204 g/mol. The van der Waals surface area contributed by atoms with Crippen LogP contribution < -0.4 is 0 Å². The Kier molecular flexibility index (Phi) is 7.30. The highest BCUT2D eigenvalue weighted by Crippen LogP contribution is 2.01. The van der Waals surface area contributed by atoms with Crippen LogP contribution >= 0.6 is 0 Å². The maximum Gasteiger partial charge on any atom is 0.145 e. The van der Waals surface area contributed by atoms with E-state index in [9.17, 15) is 4.79 Å². The Balaban J connectivity index is 1.90. The molecule has 0 aromatic heterocycles. The fraction of sp³-hybridized carbons (Fsp3) is 0.385. The van der Waals surface area contributed by atoms with Gasteiger partial charge in [-0.25, -0.2) is 0 Å². The fourth-order valence-electron chi connectivity index (χ4n) is 1.26. The topological polar surface area (TPSA) is 35.5 Å². The summed E-state index contributed by atoms with van der Waals surface area (Å²) in [6, 6.07) is 10.2. The Morgan fingerprint density at radius 1 is 1.00 bits per heavy atom. The largest absolute Gasteiger partial charge is 0.379 e. The number of hydrogen-bond acceptors (Lipinski definition) is 3. The van der Waals surface area contributed by atoms with E-state index in [2.05, 4.69) is 18.6 Å². The van der Waals surface area contributed by atoms with Crippen LogP contribution in [0.1, 0.15) is 5.56 Å². The molecule has 0 saturated carbocycles. The summed E-state index contributed by atoms with van der Waals surface area (Å²) in [5, 5.41) is 0. The van der Waals surface area contributed by atoms with Crippen LogP contribution in [0, 0.1) is 6.42 Å². The predicted molar refractivity (Wildman–Crippen MR) is 62.1 cm³/mol. The molecule has 3 nitrogen and oxygen atoms in total. The van der Waals surface area contributed by atoms with Gasteiger partial charge in [-0.3, -0.25) is 0 Å². The number of benzene rings is 1. The smallest absolute Gasteiger partial charge is 0.145 e. The normalized spacial score (nSPS) is 10.2. The van der Waals surface area contributed by atoms with E-state index in [4.69, 9.17) is 9.47 Å². The second-order valence-electron chi connectivity index (χ2n) is 3.29. The van der Waals surface area contributed by atoms with Crippen molar-refractivity contribution in [3.8, 4) is 0 Å². The molecule has 1 rings (SSSR count). The summed E-state index contributed by atoms with van der Waals surface area (Å²) >= 11 is 0. The summed E-state index contributed by atoms with van der Waals surface area (Å²) in [5.41, 5.74) is 1.28. The summed E-state index contributed by atoms with van der Waals surface area (Å²) in [4.78, 5) is 9.92. The second-order valence-corrected chi connectivity index (χ2v) is 3.29. The van der Waals surface area contributed by atoms with Crippen molar-refractivity contribution >= 4 is 6.29 Å². The molecule has 0 saturated heterocycles. The number of ether oxygens (including phenoxy) is 2. The number of carbonyl (C=O) groups is 1. The minimum Gasteiger partial charge on any atom is -0.379 e. The van der Waals surface area contributed by atoms with Gasteiger partial charge in [-0.1, -0.05) is 30.3 Å². The standard InChI is InChI=1S/C13H17O3/c14-8-10-16-12-11-15-9-4-7-13-5-2-1-3-6-13/h1-6,8H,7,9-12H2. The third-order valence-corrected chi connectivity index (χ3v) is 2.02. The summed E-state index contributed by atoms with van der Waals surface area (Å²) in [6.45, 7) is 1.76. The highest BCUT2D eigenvalue weighted by atomic mass is 16.5. The van der Waals surface area contributed by atoms with Crippen molar-refractivity contribution in [2.24, 2.45) is 0 Å². The highest BCUT2D eigenvalue weighted by Gasteiger charge is 1.93. The van der Waals surface area contributed by atoms with Crippen molar-refractivity contribution in [2.45, 2.75) is 6.42 Å². The number of rotatable bonds is 9. The molecule has 0 aliphatic rings. The zero-order valence-corrected chi connectivity index (χ0v) is 9.30. The molecule has 3 heteroatoms. The van der Waals surface area contributed by atoms with Gasteiger partial charge in [-0.2, -0.15) is 0 Å². The van der Waals surface area contributed by atoms with Gasteiger partial charge in [0, 0.05) is 0 Å². The molecule has 0 spiro atoms. The summed E-state index contributed by atoms with van der Waals surface area (Å²) in [6.07, 6.45) is 3.73. The first kappa shape index (κ1) is 12.9. The van der Waals surface area contributed by atoms with E-state index in [0.29, 0.717) is 19.8 Å². The van der Waals surface area contributed by atoms with E-state index in [-0.39, 0.29) is 6.61 Å². The first-order valence-corrected chi connectivity index (χ1v) is 5.38. The Morgan fingerprint density at radius 3 is 2.38 bits per heavy atom. The number of hydrogen-bond donors (Lipinski definition) is 0. The maximum atomic E-state index is 9.92. The van der Waals surface area contributed by atoms with E-state index < -0.39 is 0 Å². The Hall–Kier alpha value is -1.19. The highest BCUT2D eigenvalue weighted by molar-refractivity contribution is 5.50. The molecule has 16 heavy (non-hydrogen) atoms. The van der Waals surface area contributed by atoms with Crippen LogP contribution in [0.4, 0.5) is 0 Å². The first-order chi connectivity index (χ1) is 7.93. The average molecular weight is 221 g/mol. The zero-order valence-electron chi connectivity index (χ0n) is 9.30. The van der Waals surface area contributed by atoms with Crippen molar-refractivity contribution in [1.82, 2.24) is 0 Å². The van der Waals surface area contributed by atoms with Gasteiger partial charge in [0.1, 0.15) is 12.9 Å². The van der Waals surface area contributed by atoms with Crippen LogP contribution in [-0.4, -0.2) is 32.7 Å². The molecule has 1 aromatic carbocycles. The van der Waals surface area contributed by atoms with Crippen LogP contribution in [-0.2, 0) is 20.7 Å². The first-order valence-electron chi connectivity index (χ1n) is 5.38. The Labute approximate surface area is 96.4 Å². The van der Waals surface area contributed by atoms with Gasteiger partial charge in [0.05, 0.1) is 19.8 Å². The quantitative estimate of drug-likeness (QED) is 0.470. The van der Waals surface area contributed by atoms with Crippen LogP contribution in [0.3, 0.4) is 0 Å². The van der Waals surface area contributed by atoms with Crippen LogP contribution in [0.2, 0.25) is 0 Å². The molecule has 0 unspecified atom stereocenters. The van der Waals surface area contributed by atoms with Crippen LogP contribution in [0.15, 0.2) is 30.3 Å². The van der Waals surface area contributed by atoms with Gasteiger partial charge >= 0.3 is 0 Å². The maximum absolute atomic E-state index is 9.92. The molecule has 0 atom stereocenters. The van der Waals surface area contributed by atoms with Crippen molar-refractivity contribution in [2.75, 3.05) is 26.4 Å². The van der Waals surface area contributed by atoms with Gasteiger partial charge in [0.15, 0.2) is 0 Å². The molecule has 1 radical (unpaired) electrons. The minimum absolute atomic E-state index is 0.150. The summed E-state index contributed by atoms with van der Waals surface area (Å²) in [7, 11) is 0. The molecule has 87 valence electrons. The fourth-order valence-corrected chi connectivity index (χ4v) is 1.26. The number of aldehydes is 1. The molecule has 0 fully saturated rings. The lowest BCUT2D eigenvalue weighted by Gasteiger charge is -2.03. The SMILES string of the molecule is O=CCOCCOC[CH]Cc1ccccc1. The predicted octanol–water partition coefficient (Wildman–Crippen LogP) is 1.67. The van der Waals surface area contributed by atoms with Crippen molar-refractivity contribution in [3.63, 3.8) is 0 Å². The third kappa shape index (κ3) is 6.32. The van der Waals surface area contributed by atoms with Gasteiger partial charge in [0.25, 0.3) is 0 Å². The van der Waals surface area contributed by atoms with Gasteiger partial charge in [-0.05, 0) is 18.4 Å². The van der Waals surface area contributed by atoms with E-state index in [0.717, 1.165) is 12.7 Å². The lowest BCUT2D eigenvalue weighted by molar-refractivity contribution is -0.112. The van der Waals surface area contributed by atoms with Gasteiger partial charge < -0.3 is 14.3 Å². The van der Waals surface area contributed by atoms with Crippen molar-refractivity contribution in [1.29, 1.82) is 0 Å². The van der Waals surface area contributed by atoms with Crippen LogP contribution in [0.25, 0.3) is 0 Å². The molecule has 0 heterocycles. The molecule has 1 aromatic rings. The van der Waals surface area contributed by atoms with Crippen molar-refractivity contribution in [3.05, 3.63) is 42.3 Å². The van der Waals surface area contributed by atoms with E-state index in [1.807, 2.05) is 18.2 Å². The molecule has 0 N–H and O–H groups in total. The zero-order chi connectivity index (χ0) is 11.5. The van der Waals surface area contributed by atoms with Crippen LogP contribution in [0.5, 0.6) is 0 Å². The van der Waals surface area contributed by atoms with E-state index in [1.54, 1.807) is 0 Å². The van der Waals surface area contributed by atoms with E-state index in [1.165, 1.54) is 5.56 Å². The second kappa shape index (κ2) is 9.07. The molecular formula is C13H17O3. The van der Waals surface area contributed by atoms with Gasteiger partial charge in [0.2, 0.25) is 0 Å². The van der Waals surface area contributed by atoms with Crippen molar-refractivity contribution < 1.29 is 14.3 Å². The molecule has 0 aliphatic heterocycles. The summed E-state index contributed by atoms with van der Waals surface area (Å²) in [5.74, 6) is 0. The van der Waals surface area contributed by atoms with E-state index >= 15 is 0 Å². The lowest BCUT2D eigenvalue weighted by atomic mass is 10.1. The molecule has 0 amide bonds. The number of carbonyl (C=O) groups excluding carboxylic acids is 1. The molecule has 0 bridgehead atoms.